The van der Waals surface area contributed by atoms with Gasteiger partial charge in [-0.15, -0.1) is 0 Å². The number of carbonyl (C=O) groups is 2. The Hall–Kier alpha value is -2.87. The third-order valence-electron chi connectivity index (χ3n) is 5.32. The first-order valence-electron chi connectivity index (χ1n) is 10.7. The monoisotopic (exact) mass is 459 g/mol. The number of carbonyl (C=O) groups excluding carboxylic acids is 2. The number of sulfonamides is 1. The summed E-state index contributed by atoms with van der Waals surface area (Å²) in [6.45, 7) is 7.78. The minimum absolute atomic E-state index is 0.206. The lowest BCUT2D eigenvalue weighted by Crippen LogP contribution is -2.51. The number of anilines is 1. The molecular formula is C24H33N3O4S. The van der Waals surface area contributed by atoms with Gasteiger partial charge in [0, 0.05) is 13.1 Å². The van der Waals surface area contributed by atoms with Gasteiger partial charge < -0.3 is 10.2 Å². The molecule has 8 heteroatoms. The second-order valence-electron chi connectivity index (χ2n) is 8.02. The van der Waals surface area contributed by atoms with Gasteiger partial charge in [0.2, 0.25) is 21.8 Å². The van der Waals surface area contributed by atoms with Gasteiger partial charge in [0.05, 0.1) is 11.9 Å². The van der Waals surface area contributed by atoms with E-state index in [0.717, 1.165) is 33.7 Å². The first-order chi connectivity index (χ1) is 15.0. The maximum atomic E-state index is 13.4. The summed E-state index contributed by atoms with van der Waals surface area (Å²) in [5.41, 5.74) is 3.28. The Balaban J connectivity index is 2.37. The second kappa shape index (κ2) is 11.1. The van der Waals surface area contributed by atoms with E-state index in [9.17, 15) is 18.0 Å². The summed E-state index contributed by atoms with van der Waals surface area (Å²) in [6, 6.07) is 13.8. The van der Waals surface area contributed by atoms with Crippen LogP contribution in [0, 0.1) is 13.8 Å². The quantitative estimate of drug-likeness (QED) is 0.592. The number of aryl methyl sites for hydroxylation is 2. The van der Waals surface area contributed by atoms with Crippen LogP contribution in [-0.4, -0.2) is 50.5 Å². The number of benzene rings is 2. The van der Waals surface area contributed by atoms with Gasteiger partial charge in [0.25, 0.3) is 0 Å². The van der Waals surface area contributed by atoms with Crippen LogP contribution in [0.1, 0.15) is 37.0 Å². The van der Waals surface area contributed by atoms with Crippen molar-refractivity contribution in [1.82, 2.24) is 10.2 Å². The van der Waals surface area contributed by atoms with Crippen LogP contribution in [0.4, 0.5) is 5.69 Å². The van der Waals surface area contributed by atoms with E-state index in [4.69, 9.17) is 0 Å². The van der Waals surface area contributed by atoms with Gasteiger partial charge >= 0.3 is 0 Å². The van der Waals surface area contributed by atoms with E-state index in [2.05, 4.69) is 5.32 Å². The molecule has 0 aliphatic rings. The minimum atomic E-state index is -3.72. The molecule has 0 heterocycles. The fourth-order valence-corrected chi connectivity index (χ4v) is 4.12. The van der Waals surface area contributed by atoms with Crippen molar-refractivity contribution in [2.24, 2.45) is 0 Å². The van der Waals surface area contributed by atoms with Gasteiger partial charge in [0.1, 0.15) is 12.6 Å². The molecule has 0 aromatic heterocycles. The van der Waals surface area contributed by atoms with Crippen LogP contribution in [0.5, 0.6) is 0 Å². The molecule has 2 amide bonds. The minimum Gasteiger partial charge on any atom is -0.354 e. The summed E-state index contributed by atoms with van der Waals surface area (Å²) in [5, 5.41) is 2.82. The Morgan fingerprint density at radius 1 is 1.03 bits per heavy atom. The molecule has 0 radical (unpaired) electrons. The van der Waals surface area contributed by atoms with E-state index in [0.29, 0.717) is 12.2 Å². The summed E-state index contributed by atoms with van der Waals surface area (Å²) < 4.78 is 26.1. The molecule has 174 valence electrons. The Labute approximate surface area is 191 Å². The zero-order valence-corrected chi connectivity index (χ0v) is 20.3. The average Bonchev–Trinajstić information content (AvgIpc) is 2.74. The van der Waals surface area contributed by atoms with Crippen LogP contribution >= 0.6 is 0 Å². The number of nitrogens with zero attached hydrogens (tertiary/aromatic N) is 2. The van der Waals surface area contributed by atoms with Crippen molar-refractivity contribution >= 4 is 27.5 Å². The van der Waals surface area contributed by atoms with Crippen molar-refractivity contribution in [2.75, 3.05) is 23.7 Å². The second-order valence-corrected chi connectivity index (χ2v) is 9.93. The summed E-state index contributed by atoms with van der Waals surface area (Å²) in [4.78, 5) is 27.5. The number of amides is 2. The summed E-state index contributed by atoms with van der Waals surface area (Å²) >= 11 is 0. The van der Waals surface area contributed by atoms with E-state index < -0.39 is 22.0 Å². The summed E-state index contributed by atoms with van der Waals surface area (Å²) in [7, 11) is -3.72. The molecule has 1 unspecified atom stereocenters. The molecule has 2 aromatic rings. The molecule has 0 aliphatic heterocycles. The van der Waals surface area contributed by atoms with E-state index in [1.165, 1.54) is 4.90 Å². The number of hydrogen-bond acceptors (Lipinski definition) is 4. The van der Waals surface area contributed by atoms with Crippen LogP contribution in [0.15, 0.2) is 48.5 Å². The smallest absolute Gasteiger partial charge is 0.244 e. The van der Waals surface area contributed by atoms with E-state index in [1.807, 2.05) is 45.0 Å². The summed E-state index contributed by atoms with van der Waals surface area (Å²) in [5.74, 6) is -0.714. The van der Waals surface area contributed by atoms with E-state index >= 15 is 0 Å². The molecule has 32 heavy (non-hydrogen) atoms. The van der Waals surface area contributed by atoms with E-state index in [-0.39, 0.29) is 19.0 Å². The highest BCUT2D eigenvalue weighted by atomic mass is 32.2. The van der Waals surface area contributed by atoms with Crippen molar-refractivity contribution in [3.63, 3.8) is 0 Å². The van der Waals surface area contributed by atoms with Crippen molar-refractivity contribution in [1.29, 1.82) is 0 Å². The molecule has 0 saturated heterocycles. The Bertz CT molecular complexity index is 1040. The molecule has 0 fully saturated rings. The zero-order valence-electron chi connectivity index (χ0n) is 19.5. The Morgan fingerprint density at radius 3 is 2.22 bits per heavy atom. The van der Waals surface area contributed by atoms with Crippen molar-refractivity contribution in [2.45, 2.75) is 46.7 Å². The maximum Gasteiger partial charge on any atom is 0.244 e. The van der Waals surface area contributed by atoms with Crippen molar-refractivity contribution in [3.8, 4) is 0 Å². The molecule has 1 N–H and O–H groups in total. The van der Waals surface area contributed by atoms with Gasteiger partial charge in [-0.25, -0.2) is 8.42 Å². The van der Waals surface area contributed by atoms with Crippen molar-refractivity contribution in [3.05, 3.63) is 65.2 Å². The normalized spacial score (nSPS) is 12.2. The lowest BCUT2D eigenvalue weighted by atomic mass is 10.1. The SMILES string of the molecule is CCCNC(=O)C(C)N(Cc1ccccc1C)C(=O)CN(c1ccc(C)cc1)S(C)(=O)=O. The van der Waals surface area contributed by atoms with Gasteiger partial charge in [-0.1, -0.05) is 48.9 Å². The number of hydrogen-bond donors (Lipinski definition) is 1. The highest BCUT2D eigenvalue weighted by molar-refractivity contribution is 7.92. The molecule has 0 bridgehead atoms. The highest BCUT2D eigenvalue weighted by Gasteiger charge is 2.30. The van der Waals surface area contributed by atoms with Crippen molar-refractivity contribution < 1.29 is 18.0 Å². The van der Waals surface area contributed by atoms with Gasteiger partial charge in [-0.3, -0.25) is 13.9 Å². The molecule has 2 aromatic carbocycles. The fraction of sp³-hybridized carbons (Fsp3) is 0.417. The molecule has 1 atom stereocenters. The zero-order chi connectivity index (χ0) is 23.9. The lowest BCUT2D eigenvalue weighted by molar-refractivity contribution is -0.139. The third kappa shape index (κ3) is 6.82. The first-order valence-corrected chi connectivity index (χ1v) is 12.6. The predicted octanol–water partition coefficient (Wildman–Crippen LogP) is 3.01. The largest absolute Gasteiger partial charge is 0.354 e. The van der Waals surface area contributed by atoms with Crippen LogP contribution < -0.4 is 9.62 Å². The van der Waals surface area contributed by atoms with Gasteiger partial charge in [-0.05, 0) is 50.5 Å². The van der Waals surface area contributed by atoms with Crippen LogP contribution in [-0.2, 0) is 26.2 Å². The topological polar surface area (TPSA) is 86.8 Å². The summed E-state index contributed by atoms with van der Waals surface area (Å²) in [6.07, 6.45) is 1.85. The lowest BCUT2D eigenvalue weighted by Gasteiger charge is -2.31. The molecule has 2 rings (SSSR count). The highest BCUT2D eigenvalue weighted by Crippen LogP contribution is 2.20. The van der Waals surface area contributed by atoms with Gasteiger partial charge in [-0.2, -0.15) is 0 Å². The van der Waals surface area contributed by atoms with E-state index in [1.54, 1.807) is 31.2 Å². The fourth-order valence-electron chi connectivity index (χ4n) is 3.27. The molecule has 7 nitrogen and oxygen atoms in total. The van der Waals surface area contributed by atoms with Gasteiger partial charge in [0.15, 0.2) is 0 Å². The standard InChI is InChI=1S/C24H33N3O4S/c1-6-15-25-24(29)20(4)26(16-21-10-8-7-9-19(21)3)23(28)17-27(32(5,30)31)22-13-11-18(2)12-14-22/h7-14,20H,6,15-17H2,1-5H3,(H,25,29). The maximum absolute atomic E-state index is 13.4. The molecule has 0 saturated carbocycles. The van der Waals surface area contributed by atoms with Crippen LogP contribution in [0.2, 0.25) is 0 Å². The number of rotatable bonds is 10. The molecule has 0 aliphatic carbocycles. The Kier molecular flexibility index (Phi) is 8.83. The molecule has 0 spiro atoms. The van der Waals surface area contributed by atoms with Crippen LogP contribution in [0.3, 0.4) is 0 Å². The molecular weight excluding hydrogens is 426 g/mol. The first kappa shape index (κ1) is 25.4. The third-order valence-corrected chi connectivity index (χ3v) is 6.46. The predicted molar refractivity (Wildman–Crippen MR) is 128 cm³/mol. The Morgan fingerprint density at radius 2 is 1.66 bits per heavy atom. The average molecular weight is 460 g/mol. The number of nitrogens with one attached hydrogen (secondary N) is 1. The van der Waals surface area contributed by atoms with Crippen LogP contribution in [0.25, 0.3) is 0 Å².